The van der Waals surface area contributed by atoms with Gasteiger partial charge in [0.1, 0.15) is 12.4 Å². The minimum atomic E-state index is 0.186. The van der Waals surface area contributed by atoms with Crippen LogP contribution in [-0.4, -0.2) is 31.5 Å². The highest BCUT2D eigenvalue weighted by atomic mass is 16.5. The highest BCUT2D eigenvalue weighted by Crippen LogP contribution is 2.12. The van der Waals surface area contributed by atoms with Crippen LogP contribution < -0.4 is 4.74 Å². The van der Waals surface area contributed by atoms with Gasteiger partial charge in [-0.2, -0.15) is 0 Å². The van der Waals surface area contributed by atoms with E-state index in [1.165, 1.54) is 0 Å². The highest BCUT2D eigenvalue weighted by Gasteiger charge is 1.95. The fraction of sp³-hybridized carbons (Fsp3) is 0.538. The summed E-state index contributed by atoms with van der Waals surface area (Å²) in [4.78, 5) is 0. The van der Waals surface area contributed by atoms with Gasteiger partial charge in [-0.05, 0) is 30.5 Å². The molecule has 1 rings (SSSR count). The van der Waals surface area contributed by atoms with Crippen LogP contribution >= 0.6 is 0 Å². The summed E-state index contributed by atoms with van der Waals surface area (Å²) in [5.74, 6) is 0.849. The molecule has 1 aromatic rings. The van der Waals surface area contributed by atoms with Crippen LogP contribution in [0.4, 0.5) is 0 Å². The topological polar surface area (TPSA) is 38.7 Å². The maximum absolute atomic E-state index is 8.77. The van der Waals surface area contributed by atoms with Crippen molar-refractivity contribution in [2.24, 2.45) is 0 Å². The Kier molecular flexibility index (Phi) is 6.61. The Morgan fingerprint density at radius 2 is 1.81 bits per heavy atom. The van der Waals surface area contributed by atoms with Crippen LogP contribution in [0.2, 0.25) is 0 Å². The first-order valence-corrected chi connectivity index (χ1v) is 5.77. The molecule has 0 unspecified atom stereocenters. The summed E-state index contributed by atoms with van der Waals surface area (Å²) in [5.41, 5.74) is 1.12. The van der Waals surface area contributed by atoms with Crippen molar-refractivity contribution in [3.8, 4) is 5.75 Å². The van der Waals surface area contributed by atoms with Crippen molar-refractivity contribution >= 4 is 0 Å². The van der Waals surface area contributed by atoms with Crippen LogP contribution in [0.15, 0.2) is 24.3 Å². The molecule has 0 bridgehead atoms. The molecular weight excluding hydrogens is 204 g/mol. The van der Waals surface area contributed by atoms with Gasteiger partial charge >= 0.3 is 0 Å². The van der Waals surface area contributed by atoms with E-state index in [-0.39, 0.29) is 6.61 Å². The van der Waals surface area contributed by atoms with Crippen molar-refractivity contribution < 1.29 is 14.6 Å². The summed E-state index contributed by atoms with van der Waals surface area (Å²) in [6.45, 7) is 4.27. The van der Waals surface area contributed by atoms with Crippen molar-refractivity contribution in [1.82, 2.24) is 0 Å². The van der Waals surface area contributed by atoms with E-state index in [1.54, 1.807) is 0 Å². The van der Waals surface area contributed by atoms with Gasteiger partial charge in [-0.3, -0.25) is 0 Å². The van der Waals surface area contributed by atoms with E-state index in [4.69, 9.17) is 14.6 Å². The number of rotatable bonds is 8. The van der Waals surface area contributed by atoms with Crippen LogP contribution in [0.25, 0.3) is 0 Å². The fourth-order valence-electron chi connectivity index (χ4n) is 1.35. The minimum Gasteiger partial charge on any atom is -0.491 e. The fourth-order valence-corrected chi connectivity index (χ4v) is 1.35. The van der Waals surface area contributed by atoms with Crippen molar-refractivity contribution in [2.75, 3.05) is 26.4 Å². The largest absolute Gasteiger partial charge is 0.491 e. The Balaban J connectivity index is 2.21. The van der Waals surface area contributed by atoms with Gasteiger partial charge in [0, 0.05) is 13.2 Å². The highest BCUT2D eigenvalue weighted by molar-refractivity contribution is 5.27. The smallest absolute Gasteiger partial charge is 0.119 e. The van der Waals surface area contributed by atoms with Crippen LogP contribution in [0, 0.1) is 0 Å². The zero-order chi connectivity index (χ0) is 11.6. The molecule has 0 aliphatic heterocycles. The lowest BCUT2D eigenvalue weighted by Gasteiger charge is -2.07. The number of hydrogen-bond donors (Lipinski definition) is 1. The van der Waals surface area contributed by atoms with E-state index >= 15 is 0 Å². The van der Waals surface area contributed by atoms with E-state index in [9.17, 15) is 0 Å². The van der Waals surface area contributed by atoms with Gasteiger partial charge in [-0.1, -0.05) is 19.1 Å². The van der Waals surface area contributed by atoms with Crippen LogP contribution in [0.1, 0.15) is 18.9 Å². The van der Waals surface area contributed by atoms with Crippen molar-refractivity contribution in [1.29, 1.82) is 0 Å². The van der Waals surface area contributed by atoms with E-state index in [0.717, 1.165) is 24.3 Å². The molecule has 0 aliphatic carbocycles. The lowest BCUT2D eigenvalue weighted by atomic mass is 10.1. The first-order chi connectivity index (χ1) is 7.86. The normalized spacial score (nSPS) is 10.4. The molecule has 0 aliphatic rings. The molecule has 1 aromatic carbocycles. The second-order valence-corrected chi connectivity index (χ2v) is 3.58. The van der Waals surface area contributed by atoms with Gasteiger partial charge in [0.05, 0.1) is 6.61 Å². The zero-order valence-electron chi connectivity index (χ0n) is 9.82. The summed E-state index contributed by atoms with van der Waals surface area (Å²) in [6.07, 6.45) is 1.73. The summed E-state index contributed by atoms with van der Waals surface area (Å²) in [5, 5.41) is 8.77. The summed E-state index contributed by atoms with van der Waals surface area (Å²) >= 11 is 0. The maximum Gasteiger partial charge on any atom is 0.119 e. The molecule has 0 amide bonds. The molecule has 16 heavy (non-hydrogen) atoms. The molecule has 0 atom stereocenters. The molecule has 90 valence electrons. The predicted octanol–water partition coefficient (Wildman–Crippen LogP) is 2.03. The monoisotopic (exact) mass is 224 g/mol. The van der Waals surface area contributed by atoms with E-state index < -0.39 is 0 Å². The van der Waals surface area contributed by atoms with Gasteiger partial charge in [-0.25, -0.2) is 0 Å². The van der Waals surface area contributed by atoms with E-state index in [1.807, 2.05) is 24.3 Å². The average Bonchev–Trinajstić information content (AvgIpc) is 2.31. The lowest BCUT2D eigenvalue weighted by molar-refractivity contribution is 0.101. The molecule has 3 nitrogen and oxygen atoms in total. The first-order valence-electron chi connectivity index (χ1n) is 5.77. The third kappa shape index (κ3) is 5.14. The molecule has 1 N–H and O–H groups in total. The van der Waals surface area contributed by atoms with Gasteiger partial charge in [0.2, 0.25) is 0 Å². The molecule has 0 spiro atoms. The SMILES string of the molecule is CCCOCCOc1ccc(CCO)cc1. The summed E-state index contributed by atoms with van der Waals surface area (Å²) in [7, 11) is 0. The Hall–Kier alpha value is -1.06. The first kappa shape index (κ1) is 13.0. The third-order valence-corrected chi connectivity index (χ3v) is 2.17. The number of hydrogen-bond acceptors (Lipinski definition) is 3. The average molecular weight is 224 g/mol. The molecule has 0 fully saturated rings. The van der Waals surface area contributed by atoms with Crippen LogP contribution in [0.5, 0.6) is 5.75 Å². The van der Waals surface area contributed by atoms with Crippen molar-refractivity contribution in [3.05, 3.63) is 29.8 Å². The second-order valence-electron chi connectivity index (χ2n) is 3.58. The molecule has 0 aromatic heterocycles. The standard InChI is InChI=1S/C13H20O3/c1-2-9-15-10-11-16-13-5-3-12(4-6-13)7-8-14/h3-6,14H,2,7-11H2,1H3. The van der Waals surface area contributed by atoms with E-state index in [0.29, 0.717) is 19.6 Å². The van der Waals surface area contributed by atoms with Gasteiger partial charge in [0.25, 0.3) is 0 Å². The Morgan fingerprint density at radius 1 is 1.06 bits per heavy atom. The Morgan fingerprint density at radius 3 is 2.44 bits per heavy atom. The maximum atomic E-state index is 8.77. The van der Waals surface area contributed by atoms with Crippen molar-refractivity contribution in [3.63, 3.8) is 0 Å². The summed E-state index contributed by atoms with van der Waals surface area (Å²) in [6, 6.07) is 7.78. The number of benzene rings is 1. The van der Waals surface area contributed by atoms with Gasteiger partial charge < -0.3 is 14.6 Å². The lowest BCUT2D eigenvalue weighted by Crippen LogP contribution is -2.07. The van der Waals surface area contributed by atoms with Crippen molar-refractivity contribution in [2.45, 2.75) is 19.8 Å². The molecule has 0 heterocycles. The molecule has 0 saturated heterocycles. The number of ether oxygens (including phenoxy) is 2. The number of aliphatic hydroxyl groups excluding tert-OH is 1. The molecule has 3 heteroatoms. The molecule has 0 saturated carbocycles. The predicted molar refractivity (Wildman–Crippen MR) is 63.8 cm³/mol. The van der Waals surface area contributed by atoms with Gasteiger partial charge in [0.15, 0.2) is 0 Å². The number of aliphatic hydroxyl groups is 1. The Bertz CT molecular complexity index is 269. The third-order valence-electron chi connectivity index (χ3n) is 2.17. The van der Waals surface area contributed by atoms with E-state index in [2.05, 4.69) is 6.92 Å². The Labute approximate surface area is 97.0 Å². The van der Waals surface area contributed by atoms with Crippen LogP contribution in [-0.2, 0) is 11.2 Å². The summed E-state index contributed by atoms with van der Waals surface area (Å²) < 4.78 is 10.8. The molecular formula is C13H20O3. The zero-order valence-corrected chi connectivity index (χ0v) is 9.82. The van der Waals surface area contributed by atoms with Crippen LogP contribution in [0.3, 0.4) is 0 Å². The minimum absolute atomic E-state index is 0.186. The van der Waals surface area contributed by atoms with Gasteiger partial charge in [-0.15, -0.1) is 0 Å². The molecule has 0 radical (unpaired) electrons. The quantitative estimate of drug-likeness (QED) is 0.687. The second kappa shape index (κ2) is 8.13.